The van der Waals surface area contributed by atoms with Gasteiger partial charge in [-0.3, -0.25) is 0 Å². The molecule has 2 heterocycles. The van der Waals surface area contributed by atoms with Gasteiger partial charge in [0.2, 0.25) is 0 Å². The topological polar surface area (TPSA) is 84.7 Å². The van der Waals surface area contributed by atoms with E-state index in [0.717, 1.165) is 17.5 Å². The first-order valence-corrected chi connectivity index (χ1v) is 9.41. The number of fused-ring (bicyclic) bond motifs is 1. The molecule has 9 heteroatoms. The van der Waals surface area contributed by atoms with Crippen LogP contribution in [0.5, 0.6) is 0 Å². The maximum Gasteiger partial charge on any atom is 0.356 e. The molecule has 1 aromatic carbocycles. The van der Waals surface area contributed by atoms with Gasteiger partial charge >= 0.3 is 12.0 Å². The van der Waals surface area contributed by atoms with Gasteiger partial charge in [0.1, 0.15) is 5.82 Å². The lowest BCUT2D eigenvalue weighted by Crippen LogP contribution is -2.34. The molecule has 2 aromatic rings. The van der Waals surface area contributed by atoms with E-state index < -0.39 is 5.97 Å². The Morgan fingerprint density at radius 3 is 2.57 bits per heavy atom. The Bertz CT molecular complexity index is 884. The van der Waals surface area contributed by atoms with Crippen LogP contribution in [-0.4, -0.2) is 51.0 Å². The Hall–Kier alpha value is -2.45. The summed E-state index contributed by atoms with van der Waals surface area (Å²) >= 11 is 5.87. The van der Waals surface area contributed by atoms with Crippen molar-refractivity contribution in [3.8, 4) is 0 Å². The average molecular weight is 408 g/mol. The quantitative estimate of drug-likeness (QED) is 0.840. The lowest BCUT2D eigenvalue weighted by Gasteiger charge is -2.19. The highest BCUT2D eigenvalue weighted by Gasteiger charge is 2.43. The molecule has 3 atom stereocenters. The number of rotatable bonds is 4. The van der Waals surface area contributed by atoms with Gasteiger partial charge in [0.15, 0.2) is 5.69 Å². The number of carboxylic acid groups (broad SMARTS) is 1. The van der Waals surface area contributed by atoms with Crippen LogP contribution in [0, 0.1) is 17.7 Å². The summed E-state index contributed by atoms with van der Waals surface area (Å²) in [5.41, 5.74) is 0.547. The molecule has 0 bridgehead atoms. The first-order chi connectivity index (χ1) is 13.4. The van der Waals surface area contributed by atoms with Crippen molar-refractivity contribution >= 4 is 23.6 Å². The summed E-state index contributed by atoms with van der Waals surface area (Å²) in [6.45, 7) is 1.49. The predicted octanol–water partition coefficient (Wildman–Crippen LogP) is 3.27. The largest absolute Gasteiger partial charge is 0.476 e. The maximum absolute atomic E-state index is 13.4. The van der Waals surface area contributed by atoms with Crippen molar-refractivity contribution < 1.29 is 23.8 Å². The van der Waals surface area contributed by atoms with Gasteiger partial charge in [-0.15, -0.1) is 0 Å². The molecular weight excluding hydrogens is 389 g/mol. The molecule has 4 rings (SSSR count). The molecule has 148 valence electrons. The minimum Gasteiger partial charge on any atom is -0.476 e. The van der Waals surface area contributed by atoms with Gasteiger partial charge in [0.05, 0.1) is 12.7 Å². The maximum atomic E-state index is 13.4. The van der Waals surface area contributed by atoms with Gasteiger partial charge in [0, 0.05) is 24.3 Å². The zero-order chi connectivity index (χ0) is 19.8. The molecule has 1 saturated carbocycles. The van der Waals surface area contributed by atoms with Crippen molar-refractivity contribution in [1.82, 2.24) is 14.7 Å². The van der Waals surface area contributed by atoms with E-state index in [9.17, 15) is 14.0 Å². The molecule has 1 aromatic heterocycles. The van der Waals surface area contributed by atoms with E-state index in [2.05, 4.69) is 5.10 Å². The minimum absolute atomic E-state index is 0.0672. The lowest BCUT2D eigenvalue weighted by molar-refractivity contribution is 0.0382. The van der Waals surface area contributed by atoms with E-state index in [1.807, 2.05) is 0 Å². The molecule has 0 radical (unpaired) electrons. The smallest absolute Gasteiger partial charge is 0.356 e. The summed E-state index contributed by atoms with van der Waals surface area (Å²) in [6.07, 6.45) is 3.10. The minimum atomic E-state index is -1.16. The Labute approximate surface area is 165 Å². The van der Waals surface area contributed by atoms with Crippen LogP contribution in [-0.2, 0) is 11.3 Å². The van der Waals surface area contributed by atoms with E-state index in [4.69, 9.17) is 21.4 Å². The molecule has 1 aliphatic carbocycles. The average Bonchev–Trinajstić information content (AvgIpc) is 3.33. The van der Waals surface area contributed by atoms with Crippen LogP contribution >= 0.6 is 11.6 Å². The lowest BCUT2D eigenvalue weighted by atomic mass is 10.0. The number of benzene rings is 1. The van der Waals surface area contributed by atoms with Crippen LogP contribution in [0.3, 0.4) is 0 Å². The zero-order valence-corrected chi connectivity index (χ0v) is 15.7. The fourth-order valence-corrected chi connectivity index (χ4v) is 4.38. The van der Waals surface area contributed by atoms with Crippen LogP contribution in [0.4, 0.5) is 9.18 Å². The standard InChI is InChI=1S/C19H19ClFN3O4/c20-14-3-11(4-15(21)7-14)10-28-16-5-12-8-23(9-13(12)6-16)19(27)24-2-1-17(22-24)18(25)26/h1-4,7,12-13,16H,5-6,8-10H2,(H,25,26)/t12-,13?,16?/m1/s1. The van der Waals surface area contributed by atoms with Gasteiger partial charge in [-0.2, -0.15) is 9.78 Å². The van der Waals surface area contributed by atoms with E-state index >= 15 is 0 Å². The second kappa shape index (κ2) is 7.52. The summed E-state index contributed by atoms with van der Waals surface area (Å²) in [6, 6.07) is 5.36. The Kier molecular flexibility index (Phi) is 5.07. The van der Waals surface area contributed by atoms with Crippen molar-refractivity contribution in [2.45, 2.75) is 25.6 Å². The van der Waals surface area contributed by atoms with Crippen molar-refractivity contribution in [3.63, 3.8) is 0 Å². The Balaban J connectivity index is 1.30. The number of hydrogen-bond acceptors (Lipinski definition) is 4. The summed E-state index contributed by atoms with van der Waals surface area (Å²) in [4.78, 5) is 25.1. The van der Waals surface area contributed by atoms with Crippen LogP contribution in [0.2, 0.25) is 5.02 Å². The number of likely N-dealkylation sites (tertiary alicyclic amines) is 1. The number of carbonyl (C=O) groups excluding carboxylic acids is 1. The second-order valence-electron chi connectivity index (χ2n) is 7.34. The van der Waals surface area contributed by atoms with Gasteiger partial charge in [-0.25, -0.2) is 14.0 Å². The van der Waals surface area contributed by atoms with E-state index in [-0.39, 0.29) is 23.6 Å². The molecule has 7 nitrogen and oxygen atoms in total. The molecule has 2 aliphatic rings. The number of aromatic nitrogens is 2. The van der Waals surface area contributed by atoms with Gasteiger partial charge in [0.25, 0.3) is 0 Å². The third-order valence-electron chi connectivity index (χ3n) is 5.39. The molecule has 0 spiro atoms. The number of carboxylic acids is 1. The Morgan fingerprint density at radius 1 is 1.25 bits per heavy atom. The monoisotopic (exact) mass is 407 g/mol. The normalized spacial score (nSPS) is 23.8. The number of aromatic carboxylic acids is 1. The molecule has 2 fully saturated rings. The Morgan fingerprint density at radius 2 is 1.96 bits per heavy atom. The third-order valence-corrected chi connectivity index (χ3v) is 5.61. The number of hydrogen-bond donors (Lipinski definition) is 1. The van der Waals surface area contributed by atoms with Crippen molar-refractivity contribution in [1.29, 1.82) is 0 Å². The highest BCUT2D eigenvalue weighted by molar-refractivity contribution is 6.30. The van der Waals surface area contributed by atoms with E-state index in [1.165, 1.54) is 24.4 Å². The summed E-state index contributed by atoms with van der Waals surface area (Å²) in [7, 11) is 0. The molecule has 1 saturated heterocycles. The van der Waals surface area contributed by atoms with Crippen LogP contribution in [0.15, 0.2) is 30.5 Å². The number of nitrogens with zero attached hydrogens (tertiary/aromatic N) is 3. The highest BCUT2D eigenvalue weighted by atomic mass is 35.5. The van der Waals surface area contributed by atoms with Crippen LogP contribution in [0.1, 0.15) is 28.9 Å². The number of carbonyl (C=O) groups is 2. The van der Waals surface area contributed by atoms with Gasteiger partial charge in [-0.1, -0.05) is 11.6 Å². The molecule has 2 unspecified atom stereocenters. The fraction of sp³-hybridized carbons (Fsp3) is 0.421. The molecule has 1 N–H and O–H groups in total. The molecule has 1 amide bonds. The van der Waals surface area contributed by atoms with E-state index in [0.29, 0.717) is 42.1 Å². The van der Waals surface area contributed by atoms with Crippen LogP contribution in [0.25, 0.3) is 0 Å². The summed E-state index contributed by atoms with van der Waals surface area (Å²) < 4.78 is 20.4. The number of ether oxygens (including phenoxy) is 1. The van der Waals surface area contributed by atoms with Gasteiger partial charge in [-0.05, 0) is 54.5 Å². The van der Waals surface area contributed by atoms with Crippen LogP contribution < -0.4 is 0 Å². The number of halogens is 2. The fourth-order valence-electron chi connectivity index (χ4n) is 4.13. The first kappa shape index (κ1) is 18.9. The third kappa shape index (κ3) is 3.88. The van der Waals surface area contributed by atoms with Crippen molar-refractivity contribution in [2.75, 3.05) is 13.1 Å². The summed E-state index contributed by atoms with van der Waals surface area (Å²) in [5, 5.41) is 13.1. The molecular formula is C19H19ClFN3O4. The molecule has 28 heavy (non-hydrogen) atoms. The highest BCUT2D eigenvalue weighted by Crippen LogP contribution is 2.40. The first-order valence-electron chi connectivity index (χ1n) is 9.04. The van der Waals surface area contributed by atoms with Gasteiger partial charge < -0.3 is 14.7 Å². The summed E-state index contributed by atoms with van der Waals surface area (Å²) in [5.74, 6) is -0.878. The SMILES string of the molecule is O=C(O)c1ccn(C(=O)N2CC3CC(OCc4cc(F)cc(Cl)c4)C[C@@H]3C2)n1. The van der Waals surface area contributed by atoms with Crippen molar-refractivity contribution in [2.24, 2.45) is 11.8 Å². The predicted molar refractivity (Wildman–Crippen MR) is 97.8 cm³/mol. The number of amides is 1. The van der Waals surface area contributed by atoms with E-state index in [1.54, 1.807) is 11.0 Å². The second-order valence-corrected chi connectivity index (χ2v) is 7.78. The van der Waals surface area contributed by atoms with Crippen molar-refractivity contribution in [3.05, 3.63) is 52.6 Å². The zero-order valence-electron chi connectivity index (χ0n) is 14.9. The molecule has 1 aliphatic heterocycles.